The molecule has 13 heavy (non-hydrogen) atoms. The Balaban J connectivity index is 3.56. The fourth-order valence-corrected chi connectivity index (χ4v) is 1.32. The molecule has 70 valence electrons. The number of pyridine rings is 1. The lowest BCUT2D eigenvalue weighted by atomic mass is 10.1. The second-order valence-corrected chi connectivity index (χ2v) is 3.14. The molecule has 0 N–H and O–H groups in total. The van der Waals surface area contributed by atoms with Crippen LogP contribution >= 0.6 is 0 Å². The molecule has 1 aromatic rings. The van der Waals surface area contributed by atoms with E-state index in [2.05, 4.69) is 4.98 Å². The number of hydrogen-bond acceptors (Lipinski definition) is 3. The molecule has 0 amide bonds. The lowest BCUT2D eigenvalue weighted by Gasteiger charge is -2.06. The Kier molecular flexibility index (Phi) is 2.32. The van der Waals surface area contributed by atoms with Crippen molar-refractivity contribution in [1.82, 2.24) is 4.98 Å². The summed E-state index contributed by atoms with van der Waals surface area (Å²) in [4.78, 5) is 14.6. The fourth-order valence-electron chi connectivity index (χ4n) is 1.32. The number of aromatic nitrogens is 1. The molecule has 0 radical (unpaired) electrons. The maximum Gasteiger partial charge on any atom is 0.278 e. The van der Waals surface area contributed by atoms with Gasteiger partial charge >= 0.3 is 0 Å². The summed E-state index contributed by atoms with van der Waals surface area (Å²) in [5.74, 6) is 0. The van der Waals surface area contributed by atoms with Crippen LogP contribution in [0.5, 0.6) is 0 Å². The predicted molar refractivity (Wildman–Crippen MR) is 49.8 cm³/mol. The van der Waals surface area contributed by atoms with Crippen molar-refractivity contribution in [3.63, 3.8) is 0 Å². The number of rotatable bonds is 1. The van der Waals surface area contributed by atoms with Gasteiger partial charge in [0.2, 0.25) is 0 Å². The van der Waals surface area contributed by atoms with Crippen molar-refractivity contribution >= 4 is 5.69 Å². The van der Waals surface area contributed by atoms with Crippen molar-refractivity contribution in [3.8, 4) is 0 Å². The van der Waals surface area contributed by atoms with Crippen molar-refractivity contribution in [3.05, 3.63) is 32.6 Å². The average Bonchev–Trinajstić information content (AvgIpc) is 2.01. The van der Waals surface area contributed by atoms with Crippen LogP contribution in [0.3, 0.4) is 0 Å². The van der Waals surface area contributed by atoms with Crippen LogP contribution in [-0.2, 0) is 0 Å². The first-order valence-electron chi connectivity index (χ1n) is 4.04. The van der Waals surface area contributed by atoms with E-state index >= 15 is 0 Å². The molecule has 0 fully saturated rings. The molecule has 4 nitrogen and oxygen atoms in total. The second-order valence-electron chi connectivity index (χ2n) is 3.14. The first-order chi connectivity index (χ1) is 5.95. The summed E-state index contributed by atoms with van der Waals surface area (Å²) in [5, 5.41) is 10.7. The van der Waals surface area contributed by atoms with Crippen molar-refractivity contribution in [2.45, 2.75) is 27.7 Å². The Morgan fingerprint density at radius 1 is 1.08 bits per heavy atom. The lowest BCUT2D eigenvalue weighted by molar-refractivity contribution is -0.386. The van der Waals surface area contributed by atoms with Gasteiger partial charge in [0.05, 0.1) is 4.92 Å². The molecule has 0 spiro atoms. The largest absolute Gasteiger partial charge is 0.278 e. The standard InChI is InChI=1S/C9H12N2O2/c1-5-7(3)10-8(4)6(2)9(5)11(12)13/h1-4H3. The molecule has 0 aromatic carbocycles. The third-order valence-electron chi connectivity index (χ3n) is 2.31. The van der Waals surface area contributed by atoms with Gasteiger partial charge in [-0.05, 0) is 27.7 Å². The molecule has 0 bridgehead atoms. The Bertz CT molecular complexity index is 346. The lowest BCUT2D eigenvalue weighted by Crippen LogP contribution is -2.02. The smallest absolute Gasteiger partial charge is 0.258 e. The van der Waals surface area contributed by atoms with Crippen LogP contribution in [0.25, 0.3) is 0 Å². The van der Waals surface area contributed by atoms with Crippen LogP contribution in [0.1, 0.15) is 22.5 Å². The summed E-state index contributed by atoms with van der Waals surface area (Å²) in [5.41, 5.74) is 2.98. The van der Waals surface area contributed by atoms with E-state index in [0.29, 0.717) is 11.1 Å². The topological polar surface area (TPSA) is 56.0 Å². The molecule has 0 saturated heterocycles. The minimum absolute atomic E-state index is 0.199. The fraction of sp³-hybridized carbons (Fsp3) is 0.444. The molecule has 0 unspecified atom stereocenters. The van der Waals surface area contributed by atoms with Crippen LogP contribution < -0.4 is 0 Å². The predicted octanol–water partition coefficient (Wildman–Crippen LogP) is 2.22. The van der Waals surface area contributed by atoms with E-state index in [1.54, 1.807) is 27.7 Å². The zero-order valence-corrected chi connectivity index (χ0v) is 8.21. The van der Waals surface area contributed by atoms with Crippen LogP contribution in [0.4, 0.5) is 5.69 Å². The van der Waals surface area contributed by atoms with Gasteiger partial charge in [0, 0.05) is 22.5 Å². The summed E-state index contributed by atoms with van der Waals surface area (Å²) >= 11 is 0. The van der Waals surface area contributed by atoms with Gasteiger partial charge in [-0.3, -0.25) is 15.1 Å². The van der Waals surface area contributed by atoms with Gasteiger partial charge in [-0.1, -0.05) is 0 Å². The first kappa shape index (κ1) is 9.64. The highest BCUT2D eigenvalue weighted by atomic mass is 16.6. The molecule has 1 rings (SSSR count). The van der Waals surface area contributed by atoms with Crippen molar-refractivity contribution < 1.29 is 4.92 Å². The molecule has 1 heterocycles. The average molecular weight is 180 g/mol. The third kappa shape index (κ3) is 1.52. The molecule has 0 saturated carbocycles. The normalized spacial score (nSPS) is 10.2. The highest BCUT2D eigenvalue weighted by Crippen LogP contribution is 2.25. The van der Waals surface area contributed by atoms with Crippen molar-refractivity contribution in [2.24, 2.45) is 0 Å². The van der Waals surface area contributed by atoms with Crippen LogP contribution in [0, 0.1) is 37.8 Å². The van der Waals surface area contributed by atoms with E-state index in [1.807, 2.05) is 0 Å². The molecule has 4 heteroatoms. The molecular weight excluding hydrogens is 168 g/mol. The van der Waals surface area contributed by atoms with Gasteiger partial charge in [0.25, 0.3) is 5.69 Å². The Morgan fingerprint density at radius 2 is 1.46 bits per heavy atom. The quantitative estimate of drug-likeness (QED) is 0.491. The Labute approximate surface area is 76.8 Å². The van der Waals surface area contributed by atoms with Gasteiger partial charge in [0.15, 0.2) is 0 Å². The summed E-state index contributed by atoms with van der Waals surface area (Å²) in [6.45, 7) is 7.03. The summed E-state index contributed by atoms with van der Waals surface area (Å²) in [6, 6.07) is 0. The Morgan fingerprint density at radius 3 is 1.77 bits per heavy atom. The highest BCUT2D eigenvalue weighted by molar-refractivity contribution is 5.49. The molecule has 0 aliphatic heterocycles. The molecule has 1 aromatic heterocycles. The summed E-state index contributed by atoms with van der Waals surface area (Å²) in [6.07, 6.45) is 0. The number of nitro groups is 1. The maximum atomic E-state index is 10.7. The molecule has 0 aliphatic carbocycles. The van der Waals surface area contributed by atoms with E-state index in [-0.39, 0.29) is 10.6 Å². The summed E-state index contributed by atoms with van der Waals surface area (Å²) in [7, 11) is 0. The monoisotopic (exact) mass is 180 g/mol. The maximum absolute atomic E-state index is 10.7. The van der Waals surface area contributed by atoms with E-state index in [0.717, 1.165) is 11.4 Å². The second kappa shape index (κ2) is 3.12. The van der Waals surface area contributed by atoms with Gasteiger partial charge in [-0.2, -0.15) is 0 Å². The number of nitrogens with zero attached hydrogens (tertiary/aromatic N) is 2. The zero-order chi connectivity index (χ0) is 10.2. The number of hydrogen-bond donors (Lipinski definition) is 0. The first-order valence-corrected chi connectivity index (χ1v) is 4.04. The Hall–Kier alpha value is -1.45. The van der Waals surface area contributed by atoms with Crippen LogP contribution in [-0.4, -0.2) is 9.91 Å². The van der Waals surface area contributed by atoms with Crippen LogP contribution in [0.2, 0.25) is 0 Å². The zero-order valence-electron chi connectivity index (χ0n) is 8.21. The van der Waals surface area contributed by atoms with E-state index in [1.165, 1.54) is 0 Å². The molecular formula is C9H12N2O2. The van der Waals surface area contributed by atoms with Crippen molar-refractivity contribution in [1.29, 1.82) is 0 Å². The molecule has 0 atom stereocenters. The third-order valence-corrected chi connectivity index (χ3v) is 2.31. The van der Waals surface area contributed by atoms with Gasteiger partial charge < -0.3 is 0 Å². The minimum atomic E-state index is -0.341. The van der Waals surface area contributed by atoms with Gasteiger partial charge in [-0.25, -0.2) is 0 Å². The van der Waals surface area contributed by atoms with E-state index in [9.17, 15) is 10.1 Å². The van der Waals surface area contributed by atoms with Crippen LogP contribution in [0.15, 0.2) is 0 Å². The van der Waals surface area contributed by atoms with E-state index in [4.69, 9.17) is 0 Å². The number of aryl methyl sites for hydroxylation is 2. The van der Waals surface area contributed by atoms with Gasteiger partial charge in [0.1, 0.15) is 0 Å². The minimum Gasteiger partial charge on any atom is -0.258 e. The van der Waals surface area contributed by atoms with Crippen molar-refractivity contribution in [2.75, 3.05) is 0 Å². The van der Waals surface area contributed by atoms with Gasteiger partial charge in [-0.15, -0.1) is 0 Å². The highest BCUT2D eigenvalue weighted by Gasteiger charge is 2.18. The molecule has 0 aliphatic rings. The summed E-state index contributed by atoms with van der Waals surface area (Å²) < 4.78 is 0. The SMILES string of the molecule is Cc1nc(C)c(C)c([N+](=O)[O-])c1C. The van der Waals surface area contributed by atoms with E-state index < -0.39 is 0 Å².